The first kappa shape index (κ1) is 10.6. The molecule has 0 radical (unpaired) electrons. The molecule has 0 bridgehead atoms. The zero-order chi connectivity index (χ0) is 10.1. The fraction of sp³-hybridized carbons (Fsp3) is 0.818. The molecule has 1 N–H and O–H groups in total. The second-order valence-electron chi connectivity index (χ2n) is 4.76. The zero-order valence-corrected chi connectivity index (χ0v) is 9.35. The molecule has 1 heterocycles. The predicted molar refractivity (Wildman–Crippen MR) is 57.6 cm³/mol. The molecule has 1 saturated heterocycles. The van der Waals surface area contributed by atoms with Gasteiger partial charge in [-0.2, -0.15) is 0 Å². The molecule has 1 fully saturated rings. The van der Waals surface area contributed by atoms with E-state index in [4.69, 9.17) is 0 Å². The molecule has 0 spiro atoms. The van der Waals surface area contributed by atoms with Crippen molar-refractivity contribution in [2.24, 2.45) is 5.92 Å². The summed E-state index contributed by atoms with van der Waals surface area (Å²) in [6.07, 6.45) is 0. The molecule has 0 unspecified atom stereocenters. The van der Waals surface area contributed by atoms with Crippen molar-refractivity contribution in [2.75, 3.05) is 19.6 Å². The third kappa shape index (κ3) is 2.25. The van der Waals surface area contributed by atoms with Crippen molar-refractivity contribution < 1.29 is 0 Å². The van der Waals surface area contributed by atoms with Crippen molar-refractivity contribution in [1.29, 1.82) is 0 Å². The van der Waals surface area contributed by atoms with Gasteiger partial charge in [0.15, 0.2) is 0 Å². The van der Waals surface area contributed by atoms with E-state index in [-0.39, 0.29) is 5.54 Å². The van der Waals surface area contributed by atoms with Crippen LogP contribution in [0.25, 0.3) is 0 Å². The fourth-order valence-electron chi connectivity index (χ4n) is 1.59. The normalized spacial score (nSPS) is 20.5. The van der Waals surface area contributed by atoms with Gasteiger partial charge in [0.25, 0.3) is 0 Å². The van der Waals surface area contributed by atoms with Crippen molar-refractivity contribution >= 4 is 0 Å². The summed E-state index contributed by atoms with van der Waals surface area (Å²) < 4.78 is 0. The monoisotopic (exact) mass is 182 g/mol. The van der Waals surface area contributed by atoms with Crippen LogP contribution in [0.4, 0.5) is 0 Å². The highest BCUT2D eigenvalue weighted by Gasteiger charge is 2.31. The van der Waals surface area contributed by atoms with Crippen molar-refractivity contribution in [3.05, 3.63) is 12.3 Å². The molecule has 0 atom stereocenters. The van der Waals surface area contributed by atoms with E-state index < -0.39 is 0 Å². The summed E-state index contributed by atoms with van der Waals surface area (Å²) >= 11 is 0. The first-order valence-corrected chi connectivity index (χ1v) is 5.11. The minimum atomic E-state index is 0.283. The molecule has 0 aliphatic carbocycles. The summed E-state index contributed by atoms with van der Waals surface area (Å²) in [5.74, 6) is 0.679. The molecular weight excluding hydrogens is 160 g/mol. The molecule has 2 heteroatoms. The van der Waals surface area contributed by atoms with E-state index in [0.717, 1.165) is 25.3 Å². The Morgan fingerprint density at radius 2 is 2.08 bits per heavy atom. The van der Waals surface area contributed by atoms with Crippen molar-refractivity contribution in [1.82, 2.24) is 10.2 Å². The molecule has 76 valence electrons. The van der Waals surface area contributed by atoms with Crippen LogP contribution in [-0.2, 0) is 0 Å². The molecule has 0 aromatic carbocycles. The Kier molecular flexibility index (Phi) is 3.01. The third-order valence-corrected chi connectivity index (χ3v) is 3.37. The largest absolute Gasteiger partial charge is 0.386 e. The van der Waals surface area contributed by atoms with E-state index in [9.17, 15) is 0 Å². The summed E-state index contributed by atoms with van der Waals surface area (Å²) in [5, 5.41) is 3.29. The van der Waals surface area contributed by atoms with Crippen LogP contribution in [0.15, 0.2) is 12.3 Å². The Morgan fingerprint density at radius 1 is 1.46 bits per heavy atom. The van der Waals surface area contributed by atoms with E-state index >= 15 is 0 Å². The van der Waals surface area contributed by atoms with Crippen LogP contribution in [0.5, 0.6) is 0 Å². The number of nitrogens with one attached hydrogen (secondary N) is 1. The maximum Gasteiger partial charge on any atom is 0.0381 e. The maximum absolute atomic E-state index is 3.98. The van der Waals surface area contributed by atoms with Crippen LogP contribution in [0.2, 0.25) is 0 Å². The van der Waals surface area contributed by atoms with Gasteiger partial charge >= 0.3 is 0 Å². The topological polar surface area (TPSA) is 15.3 Å². The molecule has 0 saturated carbocycles. The number of hydrogen-bond donors (Lipinski definition) is 1. The molecule has 1 rings (SSSR count). The number of rotatable bonds is 2. The lowest BCUT2D eigenvalue weighted by molar-refractivity contribution is 0.0757. The SMILES string of the molecule is C=C1CN(C(C)(C)C(C)C)CCN1. The second kappa shape index (κ2) is 3.70. The first-order valence-electron chi connectivity index (χ1n) is 5.11. The molecule has 0 amide bonds. The summed E-state index contributed by atoms with van der Waals surface area (Å²) in [6, 6.07) is 0. The second-order valence-corrected chi connectivity index (χ2v) is 4.76. The molecule has 2 nitrogen and oxygen atoms in total. The summed E-state index contributed by atoms with van der Waals surface area (Å²) in [4.78, 5) is 2.51. The Balaban J connectivity index is 2.64. The van der Waals surface area contributed by atoms with Gasteiger partial charge in [-0.3, -0.25) is 4.90 Å². The molecule has 1 aliphatic rings. The van der Waals surface area contributed by atoms with Gasteiger partial charge < -0.3 is 5.32 Å². The Morgan fingerprint density at radius 3 is 2.54 bits per heavy atom. The minimum absolute atomic E-state index is 0.283. The predicted octanol–water partition coefficient (Wildman–Crippen LogP) is 1.84. The van der Waals surface area contributed by atoms with Crippen molar-refractivity contribution in [3.8, 4) is 0 Å². The van der Waals surface area contributed by atoms with Gasteiger partial charge in [-0.1, -0.05) is 20.4 Å². The Bertz CT molecular complexity index is 194. The quantitative estimate of drug-likeness (QED) is 0.701. The number of nitrogens with zero attached hydrogens (tertiary/aromatic N) is 1. The average Bonchev–Trinajstić information content (AvgIpc) is 2.04. The van der Waals surface area contributed by atoms with Crippen LogP contribution in [-0.4, -0.2) is 30.1 Å². The van der Waals surface area contributed by atoms with Crippen LogP contribution in [0.3, 0.4) is 0 Å². The van der Waals surface area contributed by atoms with Crippen molar-refractivity contribution in [3.63, 3.8) is 0 Å². The highest BCUT2D eigenvalue weighted by atomic mass is 15.2. The lowest BCUT2D eigenvalue weighted by Crippen LogP contribution is -2.54. The first-order chi connectivity index (χ1) is 5.94. The highest BCUT2D eigenvalue weighted by molar-refractivity contribution is 5.02. The van der Waals surface area contributed by atoms with E-state index in [1.807, 2.05) is 0 Å². The van der Waals surface area contributed by atoms with Gasteiger partial charge in [0, 0.05) is 30.9 Å². The van der Waals surface area contributed by atoms with Crippen molar-refractivity contribution in [2.45, 2.75) is 33.2 Å². The summed E-state index contributed by atoms with van der Waals surface area (Å²) in [6.45, 7) is 16.3. The van der Waals surface area contributed by atoms with Gasteiger partial charge in [0.2, 0.25) is 0 Å². The standard InChI is InChI=1S/C11H22N2/c1-9(2)11(4,5)13-7-6-12-10(3)8-13/h9,12H,3,6-8H2,1-2,4-5H3. The molecule has 0 aromatic rings. The van der Waals surface area contributed by atoms with Crippen LogP contribution in [0, 0.1) is 5.92 Å². The van der Waals surface area contributed by atoms with Gasteiger partial charge in [0.05, 0.1) is 0 Å². The average molecular weight is 182 g/mol. The summed E-state index contributed by atoms with van der Waals surface area (Å²) in [5.41, 5.74) is 1.44. The van der Waals surface area contributed by atoms with Crippen LogP contribution >= 0.6 is 0 Å². The lowest BCUT2D eigenvalue weighted by Gasteiger charge is -2.44. The van der Waals surface area contributed by atoms with Crippen LogP contribution < -0.4 is 5.32 Å². The summed E-state index contributed by atoms with van der Waals surface area (Å²) in [7, 11) is 0. The van der Waals surface area contributed by atoms with Gasteiger partial charge in [-0.25, -0.2) is 0 Å². The Hall–Kier alpha value is -0.500. The Labute approximate surface area is 82.0 Å². The fourth-order valence-corrected chi connectivity index (χ4v) is 1.59. The molecule has 13 heavy (non-hydrogen) atoms. The van der Waals surface area contributed by atoms with Gasteiger partial charge in [0.1, 0.15) is 0 Å². The van der Waals surface area contributed by atoms with E-state index in [1.165, 1.54) is 0 Å². The third-order valence-electron chi connectivity index (χ3n) is 3.37. The van der Waals surface area contributed by atoms with Gasteiger partial charge in [-0.15, -0.1) is 0 Å². The number of hydrogen-bond acceptors (Lipinski definition) is 2. The molecule has 0 aromatic heterocycles. The number of piperazine rings is 1. The van der Waals surface area contributed by atoms with E-state index in [0.29, 0.717) is 5.92 Å². The lowest BCUT2D eigenvalue weighted by atomic mass is 9.88. The minimum Gasteiger partial charge on any atom is -0.386 e. The maximum atomic E-state index is 3.98. The van der Waals surface area contributed by atoms with E-state index in [1.54, 1.807) is 0 Å². The highest BCUT2D eigenvalue weighted by Crippen LogP contribution is 2.25. The van der Waals surface area contributed by atoms with Crippen LogP contribution in [0.1, 0.15) is 27.7 Å². The zero-order valence-electron chi connectivity index (χ0n) is 9.35. The smallest absolute Gasteiger partial charge is 0.0381 e. The van der Waals surface area contributed by atoms with E-state index in [2.05, 4.69) is 44.5 Å². The molecular formula is C11H22N2. The molecule has 1 aliphatic heterocycles. The van der Waals surface area contributed by atoms with Gasteiger partial charge in [-0.05, 0) is 19.8 Å².